The lowest BCUT2D eigenvalue weighted by molar-refractivity contribution is -0.136. The molecule has 2 aromatic heterocycles. The Hall–Kier alpha value is -5.81. The van der Waals surface area contributed by atoms with E-state index in [9.17, 15) is 14.4 Å². The van der Waals surface area contributed by atoms with Gasteiger partial charge in [-0.25, -0.2) is 19.6 Å². The van der Waals surface area contributed by atoms with Crippen LogP contribution in [0.2, 0.25) is 0 Å². The number of alkyl carbamates (subject to hydrolysis) is 2. The Bertz CT molecular complexity index is 2420. The summed E-state index contributed by atoms with van der Waals surface area (Å²) in [7, 11) is 2.70. The minimum absolute atomic E-state index is 0. The van der Waals surface area contributed by atoms with Gasteiger partial charge < -0.3 is 49.2 Å². The molecule has 0 spiro atoms. The summed E-state index contributed by atoms with van der Waals surface area (Å²) in [5.74, 6) is 1.83. The van der Waals surface area contributed by atoms with Crippen molar-refractivity contribution in [1.82, 2.24) is 40.4 Å². The van der Waals surface area contributed by atoms with E-state index in [0.29, 0.717) is 59.2 Å². The zero-order valence-corrected chi connectivity index (χ0v) is 37.3. The monoisotopic (exact) mass is 892 g/mol. The van der Waals surface area contributed by atoms with Crippen LogP contribution in [0, 0.1) is 11.8 Å². The Morgan fingerprint density at radius 1 is 0.692 bits per heavy atom. The van der Waals surface area contributed by atoms with Gasteiger partial charge in [-0.3, -0.25) is 9.69 Å². The third-order valence-corrected chi connectivity index (χ3v) is 13.7. The van der Waals surface area contributed by atoms with Crippen LogP contribution < -0.4 is 10.6 Å². The summed E-state index contributed by atoms with van der Waals surface area (Å²) in [6.45, 7) is 4.89. The topological polar surface area (TPSA) is 185 Å². The van der Waals surface area contributed by atoms with Crippen LogP contribution in [-0.2, 0) is 28.5 Å². The number of ether oxygens (including phenoxy) is 5. The molecule has 348 valence electrons. The molecule has 4 aliphatic heterocycles. The number of aromatic amines is 2. The van der Waals surface area contributed by atoms with Crippen molar-refractivity contribution in [3.05, 3.63) is 84.7 Å². The molecule has 3 aromatic carbocycles. The van der Waals surface area contributed by atoms with Crippen LogP contribution in [0.1, 0.15) is 78.0 Å². The van der Waals surface area contributed by atoms with E-state index in [2.05, 4.69) is 86.2 Å². The Morgan fingerprint density at radius 2 is 1.25 bits per heavy atom. The van der Waals surface area contributed by atoms with Gasteiger partial charge >= 0.3 is 12.2 Å². The molecule has 5 aromatic rings. The van der Waals surface area contributed by atoms with E-state index >= 15 is 0 Å². The predicted octanol–water partition coefficient (Wildman–Crippen LogP) is 7.86. The number of aromatic nitrogens is 4. The lowest BCUT2D eigenvalue weighted by Crippen LogP contribution is -2.53. The van der Waals surface area contributed by atoms with Gasteiger partial charge in [-0.2, -0.15) is 0 Å². The molecule has 4 aliphatic rings. The highest BCUT2D eigenvalue weighted by Gasteiger charge is 2.40. The summed E-state index contributed by atoms with van der Waals surface area (Å²) in [5, 5.41) is 8.04. The van der Waals surface area contributed by atoms with Crippen LogP contribution in [0.4, 0.5) is 9.59 Å². The van der Waals surface area contributed by atoms with Gasteiger partial charge in [0, 0.05) is 47.9 Å². The van der Waals surface area contributed by atoms with Gasteiger partial charge in [-0.1, -0.05) is 48.5 Å². The summed E-state index contributed by atoms with van der Waals surface area (Å²) in [6, 6.07) is 20.6. The molecule has 4 N–H and O–H groups in total. The Morgan fingerprint density at radius 3 is 1.94 bits per heavy atom. The number of methoxy groups -OCH3 is 2. The molecule has 0 radical (unpaired) electrons. The van der Waals surface area contributed by atoms with Crippen molar-refractivity contribution in [3.8, 4) is 33.6 Å². The van der Waals surface area contributed by atoms with E-state index < -0.39 is 18.2 Å². The maximum absolute atomic E-state index is 14.0. The highest BCUT2D eigenvalue weighted by Crippen LogP contribution is 2.36. The number of amides is 3. The highest BCUT2D eigenvalue weighted by molar-refractivity contribution is 5.91. The Kier molecular flexibility index (Phi) is 14.0. The van der Waals surface area contributed by atoms with Gasteiger partial charge in [0.1, 0.15) is 17.7 Å². The summed E-state index contributed by atoms with van der Waals surface area (Å²) >= 11 is 0. The summed E-state index contributed by atoms with van der Waals surface area (Å²) in [5.41, 5.74) is 6.17. The van der Waals surface area contributed by atoms with E-state index in [4.69, 9.17) is 33.7 Å². The molecular formula is C49H64N8O8. The first kappa shape index (κ1) is 44.4. The van der Waals surface area contributed by atoms with E-state index in [-0.39, 0.29) is 38.7 Å². The van der Waals surface area contributed by atoms with Gasteiger partial charge in [-0.05, 0) is 103 Å². The molecule has 16 heteroatoms. The number of hydrogen-bond donors (Lipinski definition) is 4. The molecular weight excluding hydrogens is 829 g/mol. The molecule has 0 saturated carbocycles. The summed E-state index contributed by atoms with van der Waals surface area (Å²) in [4.78, 5) is 59.3. The average Bonchev–Trinajstić information content (AvgIpc) is 4.21. The van der Waals surface area contributed by atoms with Gasteiger partial charge in [0.2, 0.25) is 5.91 Å². The number of carbonyl (C=O) groups excluding carboxylic acids is 3. The maximum Gasteiger partial charge on any atom is 0.407 e. The van der Waals surface area contributed by atoms with Crippen LogP contribution in [0.5, 0.6) is 0 Å². The van der Waals surface area contributed by atoms with Crippen molar-refractivity contribution in [1.29, 1.82) is 0 Å². The molecule has 0 aliphatic carbocycles. The number of benzene rings is 3. The molecule has 4 atom stereocenters. The normalized spacial score (nSPS) is 20.7. The number of nitrogens with one attached hydrogen (secondary N) is 4. The number of hydrogen-bond acceptors (Lipinski definition) is 11. The number of likely N-dealkylation sites (tertiary alicyclic amines) is 2. The number of H-pyrrole nitrogens is 2. The van der Waals surface area contributed by atoms with E-state index in [1.165, 1.54) is 14.2 Å². The van der Waals surface area contributed by atoms with E-state index in [1.807, 2.05) is 17.3 Å². The van der Waals surface area contributed by atoms with E-state index in [1.54, 1.807) is 0 Å². The lowest BCUT2D eigenvalue weighted by Gasteiger charge is -2.34. The fourth-order valence-corrected chi connectivity index (χ4v) is 10.1. The van der Waals surface area contributed by atoms with Crippen molar-refractivity contribution in [2.75, 3.05) is 67.1 Å². The standard InChI is InChI=1S/C49H60N8O8.2H2/c1-61-48(59)54-41(33-15-21-63-22-16-33)29-65-30-56-19-3-5-42(56)45-50-27-39(52-45)32-9-7-31(8-10-32)35-11-12-37-26-38(14-13-36(37)25-35)40-28-51-46(53-40)43-6-4-20-57(43)47(58)44(55-49(60)62-2)34-17-23-64-24-18-34;;/h7-14,25-28,33-34,41-44H,3-6,15-24,29-30H2,1-2H3,(H,50,52)(H,51,53)(H,54,59)(H,55,60);2*1H/t41-,42+,43+,44+;;/m1../s1. The fourth-order valence-electron chi connectivity index (χ4n) is 10.1. The van der Waals surface area contributed by atoms with Gasteiger partial charge in [-0.15, -0.1) is 0 Å². The third-order valence-electron chi connectivity index (χ3n) is 13.7. The lowest BCUT2D eigenvalue weighted by atomic mass is 9.90. The molecule has 0 unspecified atom stereocenters. The second-order valence-corrected chi connectivity index (χ2v) is 17.6. The van der Waals surface area contributed by atoms with Crippen molar-refractivity contribution < 1.29 is 40.9 Å². The van der Waals surface area contributed by atoms with Crippen LogP contribution >= 0.6 is 0 Å². The highest BCUT2D eigenvalue weighted by atomic mass is 16.5. The summed E-state index contributed by atoms with van der Waals surface area (Å²) < 4.78 is 27.1. The maximum atomic E-state index is 14.0. The molecule has 4 fully saturated rings. The predicted molar refractivity (Wildman–Crippen MR) is 248 cm³/mol. The average molecular weight is 893 g/mol. The zero-order valence-electron chi connectivity index (χ0n) is 37.3. The summed E-state index contributed by atoms with van der Waals surface area (Å²) in [6.07, 6.45) is 9.56. The number of rotatable bonds is 14. The molecule has 4 saturated heterocycles. The number of imidazole rings is 2. The minimum Gasteiger partial charge on any atom is -0.453 e. The number of nitrogens with zero attached hydrogens (tertiary/aromatic N) is 4. The fraction of sp³-hybridized carbons (Fsp3) is 0.490. The van der Waals surface area contributed by atoms with Crippen LogP contribution in [0.3, 0.4) is 0 Å². The van der Waals surface area contributed by atoms with Crippen LogP contribution in [0.15, 0.2) is 73.1 Å². The van der Waals surface area contributed by atoms with Crippen LogP contribution in [-0.4, -0.2) is 127 Å². The molecule has 6 heterocycles. The van der Waals surface area contributed by atoms with Gasteiger partial charge in [0.25, 0.3) is 0 Å². The quantitative estimate of drug-likeness (QED) is 0.0851. The largest absolute Gasteiger partial charge is 0.453 e. The molecule has 3 amide bonds. The van der Waals surface area contributed by atoms with Gasteiger partial charge in [0.15, 0.2) is 0 Å². The third kappa shape index (κ3) is 10.2. The first-order valence-corrected chi connectivity index (χ1v) is 23.1. The smallest absolute Gasteiger partial charge is 0.407 e. The second-order valence-electron chi connectivity index (χ2n) is 17.6. The minimum atomic E-state index is -0.678. The van der Waals surface area contributed by atoms with Crippen LogP contribution in [0.25, 0.3) is 44.4 Å². The molecule has 9 rings (SSSR count). The van der Waals surface area contributed by atoms with E-state index in [0.717, 1.165) is 101 Å². The Labute approximate surface area is 382 Å². The molecule has 0 bridgehead atoms. The SMILES string of the molecule is COC(=O)N[C@H](C(=O)N1CCC[C@H]1c1ncc(-c2ccc3cc(-c4ccc(-c5cnc([C@@H]6CCCN6COC[C@@H](NC(=O)OC)C6CCOCC6)[nH]5)cc4)ccc3c2)[nH]1)C1CCOCC1.[HH].[HH]. The molecule has 65 heavy (non-hydrogen) atoms. The number of fused-ring (bicyclic) bond motifs is 1. The number of carbonyl (C=O) groups is 3. The second kappa shape index (κ2) is 20.6. The first-order chi connectivity index (χ1) is 31.8. The van der Waals surface area contributed by atoms with Crippen molar-refractivity contribution >= 4 is 28.9 Å². The zero-order chi connectivity index (χ0) is 44.7. The van der Waals surface area contributed by atoms with Crippen molar-refractivity contribution in [2.45, 2.75) is 75.5 Å². The Balaban J connectivity index is 0.00000333. The van der Waals surface area contributed by atoms with Crippen molar-refractivity contribution in [3.63, 3.8) is 0 Å². The molecule has 16 nitrogen and oxygen atoms in total. The van der Waals surface area contributed by atoms with Gasteiger partial charge in [0.05, 0.1) is 69.5 Å². The first-order valence-electron chi connectivity index (χ1n) is 23.1. The van der Waals surface area contributed by atoms with Crippen molar-refractivity contribution in [2.24, 2.45) is 11.8 Å².